The molecule has 0 amide bonds. The van der Waals surface area contributed by atoms with Gasteiger partial charge in [0.05, 0.1) is 0 Å². The van der Waals surface area contributed by atoms with Crippen LogP contribution in [0.2, 0.25) is 0 Å². The number of halogens is 5. The summed E-state index contributed by atoms with van der Waals surface area (Å²) in [5.74, 6) is -6.01. The smallest absolute Gasteiger partial charge is 0.290 e. The van der Waals surface area contributed by atoms with Crippen LogP contribution < -0.4 is 5.32 Å². The van der Waals surface area contributed by atoms with E-state index in [0.29, 0.717) is 13.1 Å². The predicted molar refractivity (Wildman–Crippen MR) is 72.8 cm³/mol. The van der Waals surface area contributed by atoms with Crippen molar-refractivity contribution in [1.29, 1.82) is 0 Å². The standard InChI is InChI=1S/C13H16F4N2O.ClH/c14-10-3-1-2-9(11(10)15)12(13(16,17)8-20)19-6-4-18-5-7-19;/h1-3,12,18,20H,4-8H2;1H/t12-;/m0./s1. The molecule has 0 bridgehead atoms. The van der Waals surface area contributed by atoms with Gasteiger partial charge in [-0.1, -0.05) is 12.1 Å². The zero-order chi connectivity index (χ0) is 14.8. The molecule has 1 saturated heterocycles. The average Bonchev–Trinajstić information content (AvgIpc) is 2.45. The lowest BCUT2D eigenvalue weighted by Crippen LogP contribution is -2.51. The van der Waals surface area contributed by atoms with Crippen LogP contribution in [0.1, 0.15) is 11.6 Å². The summed E-state index contributed by atoms with van der Waals surface area (Å²) in [5, 5.41) is 11.9. The van der Waals surface area contributed by atoms with Crippen molar-refractivity contribution in [3.05, 3.63) is 35.4 Å². The molecule has 8 heteroatoms. The van der Waals surface area contributed by atoms with Gasteiger partial charge in [0.15, 0.2) is 11.6 Å². The first-order chi connectivity index (χ1) is 9.47. The molecular formula is C13H17ClF4N2O. The third-order valence-electron chi connectivity index (χ3n) is 3.40. The first-order valence-electron chi connectivity index (χ1n) is 6.34. The van der Waals surface area contributed by atoms with E-state index in [0.717, 1.165) is 12.1 Å². The number of alkyl halides is 2. The summed E-state index contributed by atoms with van der Waals surface area (Å²) in [6, 6.07) is 1.53. The Labute approximate surface area is 126 Å². The fraction of sp³-hybridized carbons (Fsp3) is 0.538. The van der Waals surface area contributed by atoms with Crippen molar-refractivity contribution in [2.45, 2.75) is 12.0 Å². The highest BCUT2D eigenvalue weighted by molar-refractivity contribution is 5.85. The molecule has 2 N–H and O–H groups in total. The molecule has 120 valence electrons. The summed E-state index contributed by atoms with van der Waals surface area (Å²) in [5.41, 5.74) is -0.425. The van der Waals surface area contributed by atoms with E-state index in [4.69, 9.17) is 5.11 Å². The topological polar surface area (TPSA) is 35.5 Å². The average molecular weight is 329 g/mol. The number of aliphatic hydroxyl groups excluding tert-OH is 1. The Hall–Kier alpha value is -0.890. The van der Waals surface area contributed by atoms with Crippen molar-refractivity contribution in [2.75, 3.05) is 32.8 Å². The number of hydrogen-bond acceptors (Lipinski definition) is 3. The van der Waals surface area contributed by atoms with Gasteiger partial charge in [-0.25, -0.2) is 17.6 Å². The molecule has 1 aromatic carbocycles. The number of piperazine rings is 1. The maximum Gasteiger partial charge on any atom is 0.290 e. The van der Waals surface area contributed by atoms with Gasteiger partial charge >= 0.3 is 0 Å². The molecule has 2 rings (SSSR count). The summed E-state index contributed by atoms with van der Waals surface area (Å²) in [6.07, 6.45) is 0. The van der Waals surface area contributed by atoms with Crippen molar-refractivity contribution in [3.63, 3.8) is 0 Å². The third kappa shape index (κ3) is 3.85. The summed E-state index contributed by atoms with van der Waals surface area (Å²) in [7, 11) is 0. The molecule has 1 fully saturated rings. The lowest BCUT2D eigenvalue weighted by molar-refractivity contribution is -0.119. The largest absolute Gasteiger partial charge is 0.390 e. The molecule has 1 aliphatic rings. The van der Waals surface area contributed by atoms with Crippen molar-refractivity contribution in [2.24, 2.45) is 0 Å². The molecular weight excluding hydrogens is 312 g/mol. The van der Waals surface area contributed by atoms with Gasteiger partial charge in [0.25, 0.3) is 5.92 Å². The fourth-order valence-electron chi connectivity index (χ4n) is 2.45. The molecule has 0 unspecified atom stereocenters. The second-order valence-electron chi connectivity index (χ2n) is 4.75. The second kappa shape index (κ2) is 7.40. The van der Waals surface area contributed by atoms with Gasteiger partial charge in [-0.05, 0) is 6.07 Å². The highest BCUT2D eigenvalue weighted by atomic mass is 35.5. The number of rotatable bonds is 4. The zero-order valence-corrected chi connectivity index (χ0v) is 12.0. The van der Waals surface area contributed by atoms with Gasteiger partial charge in [0, 0.05) is 31.7 Å². The van der Waals surface area contributed by atoms with Crippen LogP contribution in [0, 0.1) is 11.6 Å². The van der Waals surface area contributed by atoms with Crippen LogP contribution in [-0.2, 0) is 0 Å². The van der Waals surface area contributed by atoms with Crippen LogP contribution in [0.25, 0.3) is 0 Å². The van der Waals surface area contributed by atoms with E-state index in [1.54, 1.807) is 0 Å². The summed E-state index contributed by atoms with van der Waals surface area (Å²) >= 11 is 0. The molecule has 1 atom stereocenters. The van der Waals surface area contributed by atoms with Crippen LogP contribution in [0.5, 0.6) is 0 Å². The summed E-state index contributed by atoms with van der Waals surface area (Å²) < 4.78 is 55.1. The Morgan fingerprint density at radius 1 is 1.24 bits per heavy atom. The molecule has 0 radical (unpaired) electrons. The molecule has 1 heterocycles. The van der Waals surface area contributed by atoms with Crippen molar-refractivity contribution >= 4 is 12.4 Å². The van der Waals surface area contributed by atoms with Crippen molar-refractivity contribution in [1.82, 2.24) is 10.2 Å². The van der Waals surface area contributed by atoms with E-state index < -0.39 is 35.8 Å². The van der Waals surface area contributed by atoms with Crippen LogP contribution in [0.3, 0.4) is 0 Å². The maximum atomic E-state index is 14.0. The van der Waals surface area contributed by atoms with Crippen LogP contribution in [-0.4, -0.2) is 48.7 Å². The lowest BCUT2D eigenvalue weighted by atomic mass is 9.97. The van der Waals surface area contributed by atoms with E-state index in [2.05, 4.69) is 5.32 Å². The van der Waals surface area contributed by atoms with E-state index in [1.165, 1.54) is 11.0 Å². The third-order valence-corrected chi connectivity index (χ3v) is 3.40. The van der Waals surface area contributed by atoms with Crippen LogP contribution in [0.4, 0.5) is 17.6 Å². The lowest BCUT2D eigenvalue weighted by Gasteiger charge is -2.38. The Morgan fingerprint density at radius 2 is 1.86 bits per heavy atom. The Bertz CT molecular complexity index is 469. The number of nitrogens with one attached hydrogen (secondary N) is 1. The van der Waals surface area contributed by atoms with E-state index >= 15 is 0 Å². The van der Waals surface area contributed by atoms with Gasteiger partial charge in [0.1, 0.15) is 12.6 Å². The van der Waals surface area contributed by atoms with E-state index in [1.807, 2.05) is 0 Å². The van der Waals surface area contributed by atoms with E-state index in [-0.39, 0.29) is 25.5 Å². The first-order valence-corrected chi connectivity index (χ1v) is 6.34. The van der Waals surface area contributed by atoms with Crippen LogP contribution in [0.15, 0.2) is 18.2 Å². The normalized spacial score (nSPS) is 18.1. The quantitative estimate of drug-likeness (QED) is 0.830. The summed E-state index contributed by atoms with van der Waals surface area (Å²) in [4.78, 5) is 1.37. The second-order valence-corrected chi connectivity index (χ2v) is 4.75. The molecule has 0 aliphatic carbocycles. The molecule has 0 spiro atoms. The zero-order valence-electron chi connectivity index (χ0n) is 11.2. The van der Waals surface area contributed by atoms with Gasteiger partial charge in [-0.15, -0.1) is 12.4 Å². The van der Waals surface area contributed by atoms with Gasteiger partial charge in [-0.2, -0.15) is 0 Å². The van der Waals surface area contributed by atoms with Crippen LogP contribution >= 0.6 is 12.4 Å². The maximum absolute atomic E-state index is 14.0. The minimum Gasteiger partial charge on any atom is -0.390 e. The molecule has 21 heavy (non-hydrogen) atoms. The highest BCUT2D eigenvalue weighted by Gasteiger charge is 2.45. The first kappa shape index (κ1) is 18.2. The summed E-state index contributed by atoms with van der Waals surface area (Å²) in [6.45, 7) is 0.0911. The molecule has 0 saturated carbocycles. The molecule has 1 aromatic rings. The minimum absolute atomic E-state index is 0. The Kier molecular flexibility index (Phi) is 6.40. The molecule has 0 aromatic heterocycles. The highest BCUT2D eigenvalue weighted by Crippen LogP contribution is 2.38. The van der Waals surface area contributed by atoms with E-state index in [9.17, 15) is 17.6 Å². The number of aliphatic hydroxyl groups is 1. The fourth-order valence-corrected chi connectivity index (χ4v) is 2.45. The van der Waals surface area contributed by atoms with Gasteiger partial charge in [-0.3, -0.25) is 4.90 Å². The minimum atomic E-state index is -3.55. The number of hydrogen-bond donors (Lipinski definition) is 2. The van der Waals surface area contributed by atoms with Crippen molar-refractivity contribution in [3.8, 4) is 0 Å². The van der Waals surface area contributed by atoms with Gasteiger partial charge < -0.3 is 10.4 Å². The Balaban J connectivity index is 0.00000220. The predicted octanol–water partition coefficient (Wildman–Crippen LogP) is 1.96. The van der Waals surface area contributed by atoms with Gasteiger partial charge in [0.2, 0.25) is 0 Å². The number of nitrogens with zero attached hydrogens (tertiary/aromatic N) is 1. The monoisotopic (exact) mass is 328 g/mol. The SMILES string of the molecule is Cl.OCC(F)(F)[C@H](c1cccc(F)c1F)N1CCNCC1. The molecule has 1 aliphatic heterocycles. The molecule has 3 nitrogen and oxygen atoms in total. The Morgan fingerprint density at radius 3 is 2.43 bits per heavy atom. The number of benzene rings is 1. The van der Waals surface area contributed by atoms with Crippen molar-refractivity contribution < 1.29 is 22.7 Å².